The Bertz CT molecular complexity index is 212. The van der Waals surface area contributed by atoms with Gasteiger partial charge >= 0.3 is 0 Å². The van der Waals surface area contributed by atoms with Gasteiger partial charge in [0.1, 0.15) is 0 Å². The minimum atomic E-state index is -2.30. The Balaban J connectivity index is 2.94. The third-order valence-corrected chi connectivity index (χ3v) is 2.07. The molecule has 0 amide bonds. The Morgan fingerprint density at radius 3 is 2.36 bits per heavy atom. The van der Waals surface area contributed by atoms with Crippen LogP contribution in [0.3, 0.4) is 0 Å². The van der Waals surface area contributed by atoms with E-state index in [9.17, 15) is 8.78 Å². The van der Waals surface area contributed by atoms with E-state index < -0.39 is 6.43 Å². The molecule has 0 aromatic carbocycles. The van der Waals surface area contributed by atoms with Gasteiger partial charge in [0.2, 0.25) is 0 Å². The molecular weight excluding hydrogens is 146 g/mol. The first kappa shape index (κ1) is 8.44. The van der Waals surface area contributed by atoms with E-state index in [0.29, 0.717) is 0 Å². The van der Waals surface area contributed by atoms with Gasteiger partial charge in [-0.15, -0.1) is 0 Å². The van der Waals surface area contributed by atoms with Gasteiger partial charge in [-0.25, -0.2) is 8.78 Å². The topological polar surface area (TPSA) is 0 Å². The van der Waals surface area contributed by atoms with Crippen LogP contribution in [0, 0.1) is 0 Å². The predicted molar refractivity (Wildman–Crippen MR) is 41.7 cm³/mol. The van der Waals surface area contributed by atoms with Crippen molar-refractivity contribution in [3.63, 3.8) is 0 Å². The molecule has 0 spiro atoms. The third kappa shape index (κ3) is 1.67. The summed E-state index contributed by atoms with van der Waals surface area (Å²) in [7, 11) is 0. The number of alkyl halides is 2. The van der Waals surface area contributed by atoms with E-state index >= 15 is 0 Å². The minimum Gasteiger partial charge on any atom is -0.205 e. The van der Waals surface area contributed by atoms with Crippen molar-refractivity contribution in [2.75, 3.05) is 0 Å². The molecule has 11 heavy (non-hydrogen) atoms. The number of hydrogen-bond donors (Lipinski definition) is 0. The van der Waals surface area contributed by atoms with Crippen molar-refractivity contribution in [3.8, 4) is 0 Å². The number of hydrogen-bond acceptors (Lipinski definition) is 0. The van der Waals surface area contributed by atoms with E-state index in [4.69, 9.17) is 0 Å². The first-order valence-electron chi connectivity index (χ1n) is 3.78. The molecule has 0 N–H and O–H groups in total. The third-order valence-electron chi connectivity index (χ3n) is 2.07. The average molecular weight is 158 g/mol. The summed E-state index contributed by atoms with van der Waals surface area (Å²) in [5.41, 5.74) is 1.86. The molecule has 0 aromatic heterocycles. The second kappa shape index (κ2) is 3.16. The van der Waals surface area contributed by atoms with Gasteiger partial charge in [-0.2, -0.15) is 0 Å². The van der Waals surface area contributed by atoms with Crippen LogP contribution in [-0.2, 0) is 0 Å². The van der Waals surface area contributed by atoms with Gasteiger partial charge in [0.25, 0.3) is 6.43 Å². The highest BCUT2D eigenvalue weighted by atomic mass is 19.3. The van der Waals surface area contributed by atoms with E-state index in [1.165, 1.54) is 0 Å². The lowest BCUT2D eigenvalue weighted by Crippen LogP contribution is -2.05. The molecule has 0 radical (unpaired) electrons. The summed E-state index contributed by atoms with van der Waals surface area (Å²) < 4.78 is 24.6. The molecule has 1 aliphatic rings. The fourth-order valence-corrected chi connectivity index (χ4v) is 1.44. The largest absolute Gasteiger partial charge is 0.264 e. The first-order chi connectivity index (χ1) is 5.13. The van der Waals surface area contributed by atoms with Crippen molar-refractivity contribution < 1.29 is 8.78 Å². The minimum absolute atomic E-state index is 0.260. The van der Waals surface area contributed by atoms with Crippen LogP contribution in [0.4, 0.5) is 8.78 Å². The molecule has 2 heteroatoms. The first-order valence-corrected chi connectivity index (χ1v) is 3.78. The van der Waals surface area contributed by atoms with Crippen molar-refractivity contribution in [2.24, 2.45) is 0 Å². The lowest BCUT2D eigenvalue weighted by molar-refractivity contribution is 0.190. The van der Waals surface area contributed by atoms with Crippen molar-refractivity contribution in [2.45, 2.75) is 33.1 Å². The summed E-state index contributed by atoms with van der Waals surface area (Å²) in [6.07, 6.45) is 1.28. The van der Waals surface area contributed by atoms with Crippen LogP contribution in [0.15, 0.2) is 22.8 Å². The standard InChI is InChI=1S/C9H12F2/c1-6-4-3-5-7(2)8(6)9(10)11/h4,9H,3,5H2,1-2H3. The Morgan fingerprint density at radius 1 is 1.36 bits per heavy atom. The Kier molecular flexibility index (Phi) is 2.42. The second-order valence-electron chi connectivity index (χ2n) is 2.92. The fraction of sp³-hybridized carbons (Fsp3) is 0.556. The summed E-state index contributed by atoms with van der Waals surface area (Å²) in [5.74, 6) is 0. The van der Waals surface area contributed by atoms with Gasteiger partial charge in [-0.05, 0) is 32.3 Å². The quantitative estimate of drug-likeness (QED) is 0.549. The summed E-state index contributed by atoms with van der Waals surface area (Å²) in [4.78, 5) is 0. The summed E-state index contributed by atoms with van der Waals surface area (Å²) >= 11 is 0. The van der Waals surface area contributed by atoms with E-state index in [1.54, 1.807) is 13.8 Å². The number of rotatable bonds is 1. The molecule has 0 bridgehead atoms. The highest BCUT2D eigenvalue weighted by molar-refractivity contribution is 5.37. The number of allylic oxidation sites excluding steroid dienone is 4. The molecule has 0 saturated heterocycles. The van der Waals surface area contributed by atoms with Gasteiger partial charge in [0, 0.05) is 5.57 Å². The fourth-order valence-electron chi connectivity index (χ4n) is 1.44. The predicted octanol–water partition coefficient (Wildman–Crippen LogP) is 3.31. The Labute approximate surface area is 65.6 Å². The molecule has 0 aliphatic heterocycles. The van der Waals surface area contributed by atoms with E-state index in [1.807, 2.05) is 6.08 Å². The zero-order valence-electron chi connectivity index (χ0n) is 6.82. The van der Waals surface area contributed by atoms with Crippen LogP contribution in [0.5, 0.6) is 0 Å². The van der Waals surface area contributed by atoms with Gasteiger partial charge in [-0.1, -0.05) is 11.6 Å². The molecule has 1 aliphatic carbocycles. The monoisotopic (exact) mass is 158 g/mol. The van der Waals surface area contributed by atoms with Crippen LogP contribution >= 0.6 is 0 Å². The van der Waals surface area contributed by atoms with Crippen molar-refractivity contribution in [3.05, 3.63) is 22.8 Å². The molecule has 0 aromatic rings. The highest BCUT2D eigenvalue weighted by Crippen LogP contribution is 2.28. The van der Waals surface area contributed by atoms with E-state index in [0.717, 1.165) is 24.0 Å². The number of halogens is 2. The molecular formula is C9H12F2. The summed E-state index contributed by atoms with van der Waals surface area (Å²) in [6, 6.07) is 0. The van der Waals surface area contributed by atoms with Gasteiger partial charge in [-0.3, -0.25) is 0 Å². The normalized spacial score (nSPS) is 19.2. The van der Waals surface area contributed by atoms with Crippen LogP contribution in [-0.4, -0.2) is 6.43 Å². The van der Waals surface area contributed by atoms with Crippen molar-refractivity contribution in [1.82, 2.24) is 0 Å². The smallest absolute Gasteiger partial charge is 0.205 e. The maximum absolute atomic E-state index is 12.3. The zero-order valence-corrected chi connectivity index (χ0v) is 6.82. The van der Waals surface area contributed by atoms with Crippen molar-refractivity contribution in [1.29, 1.82) is 0 Å². The van der Waals surface area contributed by atoms with Gasteiger partial charge in [0.15, 0.2) is 0 Å². The van der Waals surface area contributed by atoms with Gasteiger partial charge < -0.3 is 0 Å². The molecule has 0 heterocycles. The molecule has 0 unspecified atom stereocenters. The summed E-state index contributed by atoms with van der Waals surface area (Å²) in [5, 5.41) is 0. The maximum Gasteiger partial charge on any atom is 0.264 e. The zero-order chi connectivity index (χ0) is 8.43. The molecule has 0 nitrogen and oxygen atoms in total. The molecule has 62 valence electrons. The molecule has 0 atom stereocenters. The van der Waals surface area contributed by atoms with Crippen molar-refractivity contribution >= 4 is 0 Å². The Hall–Kier alpha value is -0.660. The van der Waals surface area contributed by atoms with Crippen LogP contribution < -0.4 is 0 Å². The Morgan fingerprint density at radius 2 is 2.00 bits per heavy atom. The maximum atomic E-state index is 12.3. The molecule has 0 saturated carbocycles. The lowest BCUT2D eigenvalue weighted by Gasteiger charge is -2.16. The van der Waals surface area contributed by atoms with E-state index in [-0.39, 0.29) is 5.57 Å². The lowest BCUT2D eigenvalue weighted by atomic mass is 9.93. The molecule has 0 fully saturated rings. The average Bonchev–Trinajstić information content (AvgIpc) is 1.85. The molecule has 1 rings (SSSR count). The van der Waals surface area contributed by atoms with Gasteiger partial charge in [0.05, 0.1) is 0 Å². The highest BCUT2D eigenvalue weighted by Gasteiger charge is 2.18. The van der Waals surface area contributed by atoms with Crippen LogP contribution in [0.25, 0.3) is 0 Å². The van der Waals surface area contributed by atoms with Crippen LogP contribution in [0.2, 0.25) is 0 Å². The SMILES string of the molecule is CC1=CCCC(C)=C1C(F)F. The van der Waals surface area contributed by atoms with Crippen LogP contribution in [0.1, 0.15) is 26.7 Å². The second-order valence-corrected chi connectivity index (χ2v) is 2.92. The summed E-state index contributed by atoms with van der Waals surface area (Å²) in [6.45, 7) is 3.54. The van der Waals surface area contributed by atoms with E-state index in [2.05, 4.69) is 0 Å².